The Labute approximate surface area is 105 Å². The second kappa shape index (κ2) is 7.27. The highest BCUT2D eigenvalue weighted by Crippen LogP contribution is 2.11. The van der Waals surface area contributed by atoms with Gasteiger partial charge in [0.05, 0.1) is 13.2 Å². The Hall–Kier alpha value is -1.10. The van der Waals surface area contributed by atoms with E-state index in [1.165, 1.54) is 0 Å². The summed E-state index contributed by atoms with van der Waals surface area (Å²) in [6, 6.07) is 7.23. The number of benzene rings is 1. The highest BCUT2D eigenvalue weighted by molar-refractivity contribution is 6.30. The maximum atomic E-state index is 10.8. The van der Waals surface area contributed by atoms with Gasteiger partial charge in [0, 0.05) is 11.6 Å². The third-order valence-corrected chi connectivity index (χ3v) is 2.31. The van der Waals surface area contributed by atoms with Crippen LogP contribution in [0.4, 0.5) is 0 Å². The maximum absolute atomic E-state index is 10.8. The standard InChI is InChI=1S/C12H15ClO4/c1-2-17-11(12(14)15)8-16-7-9-4-3-5-10(13)6-9/h3-6,11H,2,7-8H2,1H3,(H,14,15). The van der Waals surface area contributed by atoms with E-state index in [1.807, 2.05) is 12.1 Å². The largest absolute Gasteiger partial charge is 0.479 e. The van der Waals surface area contributed by atoms with E-state index in [4.69, 9.17) is 26.2 Å². The van der Waals surface area contributed by atoms with Crippen LogP contribution >= 0.6 is 11.6 Å². The number of halogens is 1. The molecule has 0 aliphatic carbocycles. The molecule has 0 aliphatic heterocycles. The molecule has 0 amide bonds. The van der Waals surface area contributed by atoms with Gasteiger partial charge in [0.2, 0.25) is 0 Å². The van der Waals surface area contributed by atoms with Gasteiger partial charge in [-0.25, -0.2) is 4.79 Å². The second-order valence-electron chi connectivity index (χ2n) is 3.43. The molecule has 1 N–H and O–H groups in total. The van der Waals surface area contributed by atoms with E-state index in [2.05, 4.69) is 0 Å². The first-order valence-electron chi connectivity index (χ1n) is 5.30. The van der Waals surface area contributed by atoms with Crippen LogP contribution in [0.15, 0.2) is 24.3 Å². The molecular weight excluding hydrogens is 244 g/mol. The molecule has 0 aromatic heterocycles. The first-order valence-corrected chi connectivity index (χ1v) is 5.68. The lowest BCUT2D eigenvalue weighted by molar-refractivity contribution is -0.154. The first kappa shape index (κ1) is 14.0. The third kappa shape index (κ3) is 5.17. The number of rotatable bonds is 7. The molecule has 1 rings (SSSR count). The van der Waals surface area contributed by atoms with Gasteiger partial charge < -0.3 is 14.6 Å². The molecule has 0 fully saturated rings. The fourth-order valence-corrected chi connectivity index (χ4v) is 1.52. The van der Waals surface area contributed by atoms with Gasteiger partial charge >= 0.3 is 5.97 Å². The Morgan fingerprint density at radius 2 is 2.29 bits per heavy atom. The summed E-state index contributed by atoms with van der Waals surface area (Å²) in [6.07, 6.45) is -0.917. The van der Waals surface area contributed by atoms with Crippen molar-refractivity contribution in [2.45, 2.75) is 19.6 Å². The molecule has 5 heteroatoms. The number of carboxylic acids is 1. The summed E-state index contributed by atoms with van der Waals surface area (Å²) in [6.45, 7) is 2.43. The monoisotopic (exact) mass is 258 g/mol. The minimum Gasteiger partial charge on any atom is -0.479 e. The molecule has 0 heterocycles. The van der Waals surface area contributed by atoms with Crippen LogP contribution in [-0.2, 0) is 20.9 Å². The van der Waals surface area contributed by atoms with Crippen LogP contribution in [0.2, 0.25) is 5.02 Å². The first-order chi connectivity index (χ1) is 8.13. The quantitative estimate of drug-likeness (QED) is 0.816. The molecule has 1 aromatic carbocycles. The zero-order valence-corrected chi connectivity index (χ0v) is 10.3. The lowest BCUT2D eigenvalue weighted by atomic mass is 10.2. The molecule has 17 heavy (non-hydrogen) atoms. The smallest absolute Gasteiger partial charge is 0.335 e. The molecule has 1 atom stereocenters. The van der Waals surface area contributed by atoms with Crippen LogP contribution in [0, 0.1) is 0 Å². The number of carboxylic acid groups (broad SMARTS) is 1. The normalized spacial score (nSPS) is 12.4. The van der Waals surface area contributed by atoms with Crippen molar-refractivity contribution >= 4 is 17.6 Å². The number of hydrogen-bond donors (Lipinski definition) is 1. The molecule has 0 saturated carbocycles. The van der Waals surface area contributed by atoms with E-state index >= 15 is 0 Å². The zero-order valence-electron chi connectivity index (χ0n) is 9.56. The van der Waals surface area contributed by atoms with E-state index in [9.17, 15) is 4.79 Å². The van der Waals surface area contributed by atoms with Crippen molar-refractivity contribution in [3.05, 3.63) is 34.9 Å². The van der Waals surface area contributed by atoms with Crippen LogP contribution in [0.1, 0.15) is 12.5 Å². The van der Waals surface area contributed by atoms with Gasteiger partial charge in [0.15, 0.2) is 6.10 Å². The number of aliphatic carboxylic acids is 1. The van der Waals surface area contributed by atoms with Crippen molar-refractivity contribution in [2.24, 2.45) is 0 Å². The van der Waals surface area contributed by atoms with Crippen LogP contribution < -0.4 is 0 Å². The second-order valence-corrected chi connectivity index (χ2v) is 3.86. The lowest BCUT2D eigenvalue weighted by Crippen LogP contribution is -2.29. The average molecular weight is 259 g/mol. The fraction of sp³-hybridized carbons (Fsp3) is 0.417. The van der Waals surface area contributed by atoms with Crippen LogP contribution in [-0.4, -0.2) is 30.4 Å². The van der Waals surface area contributed by atoms with Gasteiger partial charge in [-0.2, -0.15) is 0 Å². The molecule has 94 valence electrons. The topological polar surface area (TPSA) is 55.8 Å². The summed E-state index contributed by atoms with van der Waals surface area (Å²) in [5.41, 5.74) is 0.901. The molecular formula is C12H15ClO4. The van der Waals surface area contributed by atoms with Crippen molar-refractivity contribution < 1.29 is 19.4 Å². The molecule has 0 bridgehead atoms. The highest BCUT2D eigenvalue weighted by atomic mass is 35.5. The summed E-state index contributed by atoms with van der Waals surface area (Å²) in [5.74, 6) is -1.02. The molecule has 1 aromatic rings. The zero-order chi connectivity index (χ0) is 12.7. The predicted molar refractivity (Wildman–Crippen MR) is 64.2 cm³/mol. The van der Waals surface area contributed by atoms with Gasteiger partial charge in [-0.15, -0.1) is 0 Å². The van der Waals surface area contributed by atoms with Gasteiger partial charge in [-0.3, -0.25) is 0 Å². The van der Waals surface area contributed by atoms with E-state index in [0.717, 1.165) is 5.56 Å². The summed E-state index contributed by atoms with van der Waals surface area (Å²) in [4.78, 5) is 10.8. The minimum atomic E-state index is -1.02. The molecule has 0 radical (unpaired) electrons. The Balaban J connectivity index is 2.38. The Morgan fingerprint density at radius 1 is 1.53 bits per heavy atom. The summed E-state index contributed by atoms with van der Waals surface area (Å²) < 4.78 is 10.3. The number of ether oxygens (including phenoxy) is 2. The van der Waals surface area contributed by atoms with E-state index < -0.39 is 12.1 Å². The van der Waals surface area contributed by atoms with Crippen molar-refractivity contribution in [2.75, 3.05) is 13.2 Å². The third-order valence-electron chi connectivity index (χ3n) is 2.07. The summed E-state index contributed by atoms with van der Waals surface area (Å²) in [7, 11) is 0. The van der Waals surface area contributed by atoms with E-state index in [-0.39, 0.29) is 6.61 Å². The fourth-order valence-electron chi connectivity index (χ4n) is 1.30. The Morgan fingerprint density at radius 3 is 2.88 bits per heavy atom. The van der Waals surface area contributed by atoms with Gasteiger partial charge in [0.25, 0.3) is 0 Å². The number of carbonyl (C=O) groups is 1. The highest BCUT2D eigenvalue weighted by Gasteiger charge is 2.17. The van der Waals surface area contributed by atoms with Crippen molar-refractivity contribution in [1.82, 2.24) is 0 Å². The molecule has 0 spiro atoms. The van der Waals surface area contributed by atoms with Crippen molar-refractivity contribution in [3.63, 3.8) is 0 Å². The van der Waals surface area contributed by atoms with Crippen molar-refractivity contribution in [3.8, 4) is 0 Å². The van der Waals surface area contributed by atoms with E-state index in [1.54, 1.807) is 19.1 Å². The van der Waals surface area contributed by atoms with Gasteiger partial charge in [-0.05, 0) is 24.6 Å². The number of hydrogen-bond acceptors (Lipinski definition) is 3. The maximum Gasteiger partial charge on any atom is 0.335 e. The van der Waals surface area contributed by atoms with Crippen LogP contribution in [0.3, 0.4) is 0 Å². The molecule has 0 aliphatic rings. The molecule has 1 unspecified atom stereocenters. The lowest BCUT2D eigenvalue weighted by Gasteiger charge is -2.12. The Bertz CT molecular complexity index is 367. The molecule has 4 nitrogen and oxygen atoms in total. The van der Waals surface area contributed by atoms with Gasteiger partial charge in [0.1, 0.15) is 0 Å². The van der Waals surface area contributed by atoms with Crippen LogP contribution in [0.25, 0.3) is 0 Å². The Kier molecular flexibility index (Phi) is 5.97. The van der Waals surface area contributed by atoms with Crippen molar-refractivity contribution in [1.29, 1.82) is 0 Å². The predicted octanol–water partition coefficient (Wildman–Crippen LogP) is 2.35. The minimum absolute atomic E-state index is 0.0235. The van der Waals surface area contributed by atoms with E-state index in [0.29, 0.717) is 18.2 Å². The SMILES string of the molecule is CCOC(COCc1cccc(Cl)c1)C(=O)O. The average Bonchev–Trinajstić information content (AvgIpc) is 2.28. The summed E-state index contributed by atoms with van der Waals surface area (Å²) >= 11 is 5.81. The van der Waals surface area contributed by atoms with Gasteiger partial charge in [-0.1, -0.05) is 23.7 Å². The van der Waals surface area contributed by atoms with Crippen LogP contribution in [0.5, 0.6) is 0 Å². The summed E-state index contributed by atoms with van der Waals surface area (Å²) in [5, 5.41) is 9.45. The molecule has 0 saturated heterocycles.